The quantitative estimate of drug-likeness (QED) is 0.892. The molecular weight excluding hydrogens is 260 g/mol. The van der Waals surface area contributed by atoms with Gasteiger partial charge in [0, 0.05) is 12.7 Å². The van der Waals surface area contributed by atoms with E-state index in [0.29, 0.717) is 12.2 Å². The lowest BCUT2D eigenvalue weighted by Gasteiger charge is -2.24. The van der Waals surface area contributed by atoms with Gasteiger partial charge in [-0.05, 0) is 37.6 Å². The van der Waals surface area contributed by atoms with Crippen molar-refractivity contribution in [3.8, 4) is 11.4 Å². The maximum absolute atomic E-state index is 11.6. The summed E-state index contributed by atoms with van der Waals surface area (Å²) in [5.74, 6) is -0.535. The molecule has 8 nitrogen and oxygen atoms in total. The fourth-order valence-electron chi connectivity index (χ4n) is 2.16. The van der Waals surface area contributed by atoms with E-state index < -0.39 is 11.5 Å². The first kappa shape index (κ1) is 14.2. The molecule has 108 valence electrons. The van der Waals surface area contributed by atoms with Crippen LogP contribution in [0.4, 0.5) is 0 Å². The van der Waals surface area contributed by atoms with Gasteiger partial charge in [-0.2, -0.15) is 5.10 Å². The number of aryl methyl sites for hydroxylation is 2. The van der Waals surface area contributed by atoms with E-state index in [-0.39, 0.29) is 0 Å². The van der Waals surface area contributed by atoms with Crippen LogP contribution in [-0.4, -0.2) is 41.1 Å². The van der Waals surface area contributed by atoms with Gasteiger partial charge in [-0.15, -0.1) is 5.10 Å². The van der Waals surface area contributed by atoms with Crippen molar-refractivity contribution in [2.45, 2.75) is 39.7 Å². The highest BCUT2D eigenvalue weighted by Gasteiger charge is 2.38. The highest BCUT2D eigenvalue weighted by molar-refractivity contribution is 5.77. The second kappa shape index (κ2) is 4.69. The Kier molecular flexibility index (Phi) is 3.33. The molecule has 0 radical (unpaired) electrons. The Labute approximate surface area is 116 Å². The standard InChI is InChI=1S/C12H18N6O2/c1-6-12(4,11(19)20)18-10(13-15-16-18)9-7(2)14-17(5)8(9)3/h6H2,1-5H3,(H,19,20). The zero-order valence-electron chi connectivity index (χ0n) is 12.2. The third kappa shape index (κ3) is 1.87. The summed E-state index contributed by atoms with van der Waals surface area (Å²) in [6.07, 6.45) is 0.374. The first-order valence-electron chi connectivity index (χ1n) is 6.35. The summed E-state index contributed by atoms with van der Waals surface area (Å²) in [5, 5.41) is 25.3. The van der Waals surface area contributed by atoms with Crippen molar-refractivity contribution in [3.05, 3.63) is 11.4 Å². The van der Waals surface area contributed by atoms with E-state index in [0.717, 1.165) is 17.0 Å². The van der Waals surface area contributed by atoms with Crippen LogP contribution in [0.25, 0.3) is 11.4 Å². The van der Waals surface area contributed by atoms with Gasteiger partial charge in [0.2, 0.25) is 0 Å². The van der Waals surface area contributed by atoms with Crippen LogP contribution in [0.3, 0.4) is 0 Å². The maximum atomic E-state index is 11.6. The molecule has 1 atom stereocenters. The lowest BCUT2D eigenvalue weighted by Crippen LogP contribution is -2.39. The Morgan fingerprint density at radius 3 is 2.50 bits per heavy atom. The van der Waals surface area contributed by atoms with E-state index in [1.165, 1.54) is 4.68 Å². The summed E-state index contributed by atoms with van der Waals surface area (Å²) in [6, 6.07) is 0. The lowest BCUT2D eigenvalue weighted by molar-refractivity contribution is -0.147. The minimum absolute atomic E-state index is 0.374. The number of nitrogens with zero attached hydrogens (tertiary/aromatic N) is 6. The van der Waals surface area contributed by atoms with Gasteiger partial charge in [-0.3, -0.25) is 4.68 Å². The van der Waals surface area contributed by atoms with Crippen molar-refractivity contribution < 1.29 is 9.90 Å². The molecule has 0 fully saturated rings. The van der Waals surface area contributed by atoms with E-state index >= 15 is 0 Å². The Balaban J connectivity index is 2.68. The van der Waals surface area contributed by atoms with Crippen LogP contribution in [0.15, 0.2) is 0 Å². The number of tetrazole rings is 1. The highest BCUT2D eigenvalue weighted by Crippen LogP contribution is 2.29. The van der Waals surface area contributed by atoms with Crippen LogP contribution >= 0.6 is 0 Å². The molecule has 0 aliphatic rings. The fraction of sp³-hybridized carbons (Fsp3) is 0.583. The number of aliphatic carboxylic acids is 1. The summed E-state index contributed by atoms with van der Waals surface area (Å²) in [6.45, 7) is 7.16. The van der Waals surface area contributed by atoms with Crippen molar-refractivity contribution >= 4 is 5.97 Å². The number of hydrogen-bond donors (Lipinski definition) is 1. The zero-order valence-corrected chi connectivity index (χ0v) is 12.2. The van der Waals surface area contributed by atoms with Gasteiger partial charge in [-0.25, -0.2) is 9.48 Å². The molecule has 2 aromatic heterocycles. The van der Waals surface area contributed by atoms with E-state index in [1.54, 1.807) is 18.5 Å². The van der Waals surface area contributed by atoms with Gasteiger partial charge in [0.15, 0.2) is 11.4 Å². The summed E-state index contributed by atoms with van der Waals surface area (Å²) in [4.78, 5) is 11.6. The molecule has 0 amide bonds. The molecule has 2 aromatic rings. The number of carboxylic acid groups (broad SMARTS) is 1. The first-order chi connectivity index (χ1) is 9.32. The number of rotatable bonds is 4. The minimum Gasteiger partial charge on any atom is -0.479 e. The molecule has 2 heterocycles. The Morgan fingerprint density at radius 1 is 1.40 bits per heavy atom. The van der Waals surface area contributed by atoms with Crippen LogP contribution in [0, 0.1) is 13.8 Å². The van der Waals surface area contributed by atoms with Crippen molar-refractivity contribution in [1.29, 1.82) is 0 Å². The number of carbonyl (C=O) groups is 1. The van der Waals surface area contributed by atoms with E-state index in [4.69, 9.17) is 0 Å². The predicted octanol–water partition coefficient (Wildman–Crippen LogP) is 0.900. The van der Waals surface area contributed by atoms with Crippen LogP contribution in [-0.2, 0) is 17.4 Å². The zero-order chi connectivity index (χ0) is 15.1. The topological polar surface area (TPSA) is 98.7 Å². The van der Waals surface area contributed by atoms with Gasteiger partial charge >= 0.3 is 5.97 Å². The van der Waals surface area contributed by atoms with Gasteiger partial charge in [0.05, 0.1) is 11.3 Å². The minimum atomic E-state index is -1.19. The molecule has 2 rings (SSSR count). The molecule has 1 N–H and O–H groups in total. The summed E-state index contributed by atoms with van der Waals surface area (Å²) >= 11 is 0. The molecule has 0 saturated heterocycles. The molecule has 0 aromatic carbocycles. The third-order valence-corrected chi connectivity index (χ3v) is 3.82. The molecule has 8 heteroatoms. The van der Waals surface area contributed by atoms with Gasteiger partial charge < -0.3 is 5.11 Å². The SMILES string of the molecule is CCC(C)(C(=O)O)n1nnnc1-c1c(C)nn(C)c1C. The average molecular weight is 278 g/mol. The maximum Gasteiger partial charge on any atom is 0.331 e. The highest BCUT2D eigenvalue weighted by atomic mass is 16.4. The average Bonchev–Trinajstić information content (AvgIpc) is 2.95. The molecule has 0 bridgehead atoms. The number of carboxylic acids is 1. The third-order valence-electron chi connectivity index (χ3n) is 3.82. The molecule has 0 aliphatic carbocycles. The second-order valence-corrected chi connectivity index (χ2v) is 5.02. The summed E-state index contributed by atoms with van der Waals surface area (Å²) in [7, 11) is 1.83. The summed E-state index contributed by atoms with van der Waals surface area (Å²) in [5.41, 5.74) is 1.25. The second-order valence-electron chi connectivity index (χ2n) is 5.02. The van der Waals surface area contributed by atoms with Crippen LogP contribution in [0.2, 0.25) is 0 Å². The molecular formula is C12H18N6O2. The summed E-state index contributed by atoms with van der Waals surface area (Å²) < 4.78 is 3.10. The van der Waals surface area contributed by atoms with Gasteiger partial charge in [0.25, 0.3) is 0 Å². The largest absolute Gasteiger partial charge is 0.479 e. The molecule has 1 unspecified atom stereocenters. The van der Waals surface area contributed by atoms with Gasteiger partial charge in [-0.1, -0.05) is 6.92 Å². The van der Waals surface area contributed by atoms with Crippen molar-refractivity contribution in [1.82, 2.24) is 30.0 Å². The van der Waals surface area contributed by atoms with Crippen molar-refractivity contribution in [2.24, 2.45) is 7.05 Å². The lowest BCUT2D eigenvalue weighted by atomic mass is 9.99. The smallest absolute Gasteiger partial charge is 0.331 e. The monoisotopic (exact) mass is 278 g/mol. The Morgan fingerprint density at radius 2 is 2.05 bits per heavy atom. The molecule has 0 saturated carbocycles. The van der Waals surface area contributed by atoms with Crippen molar-refractivity contribution in [2.75, 3.05) is 0 Å². The van der Waals surface area contributed by atoms with Crippen LogP contribution in [0.1, 0.15) is 31.7 Å². The Bertz CT molecular complexity index is 659. The number of hydrogen-bond acceptors (Lipinski definition) is 5. The molecule has 0 spiro atoms. The fourth-order valence-corrected chi connectivity index (χ4v) is 2.16. The van der Waals surface area contributed by atoms with Crippen LogP contribution < -0.4 is 0 Å². The molecule has 20 heavy (non-hydrogen) atoms. The van der Waals surface area contributed by atoms with E-state index in [9.17, 15) is 9.90 Å². The van der Waals surface area contributed by atoms with Crippen LogP contribution in [0.5, 0.6) is 0 Å². The molecule has 0 aliphatic heterocycles. The normalized spacial score (nSPS) is 14.2. The number of aromatic nitrogens is 6. The van der Waals surface area contributed by atoms with Gasteiger partial charge in [0.1, 0.15) is 0 Å². The van der Waals surface area contributed by atoms with E-state index in [1.807, 2.05) is 20.9 Å². The predicted molar refractivity (Wildman–Crippen MR) is 71.1 cm³/mol. The first-order valence-corrected chi connectivity index (χ1v) is 6.35. The Hall–Kier alpha value is -2.25. The van der Waals surface area contributed by atoms with Crippen molar-refractivity contribution in [3.63, 3.8) is 0 Å². The van der Waals surface area contributed by atoms with E-state index in [2.05, 4.69) is 20.6 Å².